The van der Waals surface area contributed by atoms with E-state index in [2.05, 4.69) is 26.7 Å². The lowest BCUT2D eigenvalue weighted by Gasteiger charge is -2.13. The van der Waals surface area contributed by atoms with Crippen molar-refractivity contribution in [2.24, 2.45) is 7.05 Å². The number of hydrogen-bond acceptors (Lipinski definition) is 5. The number of nitrogens with zero attached hydrogens (tertiary/aromatic N) is 5. The molecule has 8 heteroatoms. The molecule has 4 rings (SSSR count). The van der Waals surface area contributed by atoms with Crippen LogP contribution in [0.4, 0.5) is 0 Å². The molecule has 1 fully saturated rings. The number of benzene rings is 1. The highest BCUT2D eigenvalue weighted by Crippen LogP contribution is 2.42. The highest BCUT2D eigenvalue weighted by molar-refractivity contribution is 5.47. The monoisotopic (exact) mass is 326 g/mol. The topological polar surface area (TPSA) is 90.6 Å². The van der Waals surface area contributed by atoms with Gasteiger partial charge in [0.25, 0.3) is 0 Å². The highest BCUT2D eigenvalue weighted by Gasteiger charge is 2.28. The zero-order valence-electron chi connectivity index (χ0n) is 13.6. The number of tetrazole rings is 1. The zero-order valence-corrected chi connectivity index (χ0v) is 13.6. The molecule has 124 valence electrons. The zero-order chi connectivity index (χ0) is 16.7. The number of aromatic amines is 1. The molecule has 3 aromatic rings. The second-order valence-electron chi connectivity index (χ2n) is 6.09. The standard InChI is InChI=1S/C16H18N6O2/c1-10-8-15(18-17-10)24-9-13-12(11-6-7-11)4-3-5-14(13)22-16(23)21(2)19-20-22/h3-5,8,11H,6-7,9H2,1-2H3,(H,17,18). The fourth-order valence-electron chi connectivity index (χ4n) is 2.80. The lowest BCUT2D eigenvalue weighted by atomic mass is 10.0. The summed E-state index contributed by atoms with van der Waals surface area (Å²) in [6, 6.07) is 7.76. The van der Waals surface area contributed by atoms with E-state index in [1.54, 1.807) is 7.05 Å². The third kappa shape index (κ3) is 2.60. The van der Waals surface area contributed by atoms with Crippen LogP contribution in [-0.4, -0.2) is 30.0 Å². The van der Waals surface area contributed by atoms with Gasteiger partial charge in [-0.25, -0.2) is 4.79 Å². The van der Waals surface area contributed by atoms with E-state index in [0.29, 0.717) is 24.1 Å². The number of aryl methyl sites for hydroxylation is 2. The van der Waals surface area contributed by atoms with Crippen molar-refractivity contribution >= 4 is 0 Å². The van der Waals surface area contributed by atoms with Crippen molar-refractivity contribution < 1.29 is 4.74 Å². The summed E-state index contributed by atoms with van der Waals surface area (Å²) in [6.07, 6.45) is 2.32. The molecule has 1 aliphatic rings. The molecule has 0 unspecified atom stereocenters. The summed E-state index contributed by atoms with van der Waals surface area (Å²) >= 11 is 0. The molecular formula is C16H18N6O2. The van der Waals surface area contributed by atoms with E-state index in [4.69, 9.17) is 4.74 Å². The van der Waals surface area contributed by atoms with E-state index in [-0.39, 0.29) is 5.69 Å². The summed E-state index contributed by atoms with van der Waals surface area (Å²) in [5, 5.41) is 14.7. The second-order valence-corrected chi connectivity index (χ2v) is 6.09. The third-order valence-electron chi connectivity index (χ3n) is 4.20. The van der Waals surface area contributed by atoms with Crippen molar-refractivity contribution in [2.45, 2.75) is 32.3 Å². The maximum absolute atomic E-state index is 12.2. The Hall–Kier alpha value is -2.90. The fraction of sp³-hybridized carbons (Fsp3) is 0.375. The van der Waals surface area contributed by atoms with Crippen LogP contribution >= 0.6 is 0 Å². The van der Waals surface area contributed by atoms with Crippen LogP contribution < -0.4 is 10.4 Å². The fourth-order valence-corrected chi connectivity index (χ4v) is 2.80. The quantitative estimate of drug-likeness (QED) is 0.766. The second kappa shape index (κ2) is 5.63. The van der Waals surface area contributed by atoms with Crippen molar-refractivity contribution in [3.8, 4) is 11.6 Å². The largest absolute Gasteiger partial charge is 0.472 e. The highest BCUT2D eigenvalue weighted by atomic mass is 16.5. The average Bonchev–Trinajstić information content (AvgIpc) is 3.27. The molecule has 24 heavy (non-hydrogen) atoms. The minimum atomic E-state index is -0.278. The smallest absolute Gasteiger partial charge is 0.368 e. The predicted molar refractivity (Wildman–Crippen MR) is 86.2 cm³/mol. The van der Waals surface area contributed by atoms with Crippen molar-refractivity contribution in [3.63, 3.8) is 0 Å². The molecule has 8 nitrogen and oxygen atoms in total. The lowest BCUT2D eigenvalue weighted by Crippen LogP contribution is -2.23. The molecular weight excluding hydrogens is 308 g/mol. The Morgan fingerprint density at radius 1 is 1.33 bits per heavy atom. The minimum absolute atomic E-state index is 0.278. The summed E-state index contributed by atoms with van der Waals surface area (Å²) in [5.41, 5.74) is 3.54. The molecule has 0 amide bonds. The first kappa shape index (κ1) is 14.7. The first-order valence-electron chi connectivity index (χ1n) is 7.89. The third-order valence-corrected chi connectivity index (χ3v) is 4.20. The molecule has 0 aliphatic heterocycles. The van der Waals surface area contributed by atoms with Crippen LogP contribution in [0.15, 0.2) is 29.1 Å². The van der Waals surface area contributed by atoms with Crippen molar-refractivity contribution in [1.82, 2.24) is 30.0 Å². The number of aromatic nitrogens is 6. The summed E-state index contributed by atoms with van der Waals surface area (Å²) in [5.74, 6) is 1.06. The van der Waals surface area contributed by atoms with Gasteiger partial charge in [-0.2, -0.15) is 9.36 Å². The summed E-state index contributed by atoms with van der Waals surface area (Å²) in [4.78, 5) is 12.2. The Morgan fingerprint density at radius 3 is 2.79 bits per heavy atom. The number of nitrogens with one attached hydrogen (secondary N) is 1. The lowest BCUT2D eigenvalue weighted by molar-refractivity contribution is 0.291. The maximum Gasteiger partial charge on any atom is 0.368 e. The van der Waals surface area contributed by atoms with Crippen LogP contribution in [-0.2, 0) is 13.7 Å². The predicted octanol–water partition coefficient (Wildman–Crippen LogP) is 1.45. The van der Waals surface area contributed by atoms with E-state index < -0.39 is 0 Å². The van der Waals surface area contributed by atoms with Crippen LogP contribution in [0.3, 0.4) is 0 Å². The Bertz CT molecular complexity index is 934. The van der Waals surface area contributed by atoms with Gasteiger partial charge < -0.3 is 4.74 Å². The van der Waals surface area contributed by atoms with E-state index in [9.17, 15) is 4.79 Å². The minimum Gasteiger partial charge on any atom is -0.472 e. The molecule has 2 aromatic heterocycles. The molecule has 0 bridgehead atoms. The molecule has 1 aromatic carbocycles. The van der Waals surface area contributed by atoms with Gasteiger partial charge in [0, 0.05) is 24.4 Å². The van der Waals surface area contributed by atoms with E-state index in [0.717, 1.165) is 24.1 Å². The van der Waals surface area contributed by atoms with Crippen LogP contribution in [0.1, 0.15) is 35.6 Å². The van der Waals surface area contributed by atoms with Crippen molar-refractivity contribution in [1.29, 1.82) is 0 Å². The summed E-state index contributed by atoms with van der Waals surface area (Å²) in [7, 11) is 1.58. The molecule has 0 saturated heterocycles. The Kier molecular flexibility index (Phi) is 3.44. The first-order valence-corrected chi connectivity index (χ1v) is 7.89. The van der Waals surface area contributed by atoms with Crippen LogP contribution in [0.5, 0.6) is 5.88 Å². The van der Waals surface area contributed by atoms with Gasteiger partial charge in [0.1, 0.15) is 6.61 Å². The molecule has 0 radical (unpaired) electrons. The molecule has 0 atom stereocenters. The number of hydrogen-bond donors (Lipinski definition) is 1. The van der Waals surface area contributed by atoms with Gasteiger partial charge in [0.05, 0.1) is 5.69 Å². The Balaban J connectivity index is 1.74. The van der Waals surface area contributed by atoms with Gasteiger partial charge in [-0.3, -0.25) is 5.10 Å². The van der Waals surface area contributed by atoms with E-state index in [1.807, 2.05) is 25.1 Å². The SMILES string of the molecule is Cc1cc(OCc2c(C3CC3)cccc2-n2nnn(C)c2=O)n[nH]1. The van der Waals surface area contributed by atoms with Crippen molar-refractivity contribution in [2.75, 3.05) is 0 Å². The van der Waals surface area contributed by atoms with Crippen molar-refractivity contribution in [3.05, 3.63) is 51.6 Å². The first-order chi connectivity index (χ1) is 11.6. The summed E-state index contributed by atoms with van der Waals surface area (Å²) < 4.78 is 8.36. The Morgan fingerprint density at radius 2 is 2.17 bits per heavy atom. The molecule has 0 spiro atoms. The number of rotatable bonds is 5. The summed E-state index contributed by atoms with van der Waals surface area (Å²) in [6.45, 7) is 2.25. The number of ether oxygens (including phenoxy) is 1. The normalized spacial score (nSPS) is 14.1. The van der Waals surface area contributed by atoms with Gasteiger partial charge in [0.2, 0.25) is 5.88 Å². The van der Waals surface area contributed by atoms with Crippen LogP contribution in [0.2, 0.25) is 0 Å². The van der Waals surface area contributed by atoms with Gasteiger partial charge in [-0.1, -0.05) is 12.1 Å². The maximum atomic E-state index is 12.2. The van der Waals surface area contributed by atoms with Crippen LogP contribution in [0, 0.1) is 6.92 Å². The molecule has 1 saturated carbocycles. The van der Waals surface area contributed by atoms with E-state index in [1.165, 1.54) is 14.9 Å². The molecule has 1 aliphatic carbocycles. The van der Waals surface area contributed by atoms with Gasteiger partial charge in [-0.05, 0) is 47.7 Å². The Labute approximate surface area is 138 Å². The van der Waals surface area contributed by atoms with E-state index >= 15 is 0 Å². The van der Waals surface area contributed by atoms with Gasteiger partial charge >= 0.3 is 5.69 Å². The average molecular weight is 326 g/mol. The molecule has 2 heterocycles. The molecule has 1 N–H and O–H groups in total. The van der Waals surface area contributed by atoms with Gasteiger partial charge in [0.15, 0.2) is 0 Å². The number of H-pyrrole nitrogens is 1. The van der Waals surface area contributed by atoms with Crippen LogP contribution in [0.25, 0.3) is 5.69 Å². The van der Waals surface area contributed by atoms with Gasteiger partial charge in [-0.15, -0.1) is 5.10 Å².